The largest absolute Gasteiger partial charge is 0.478 e. The van der Waals surface area contributed by atoms with E-state index in [2.05, 4.69) is 74.3 Å². The van der Waals surface area contributed by atoms with Gasteiger partial charge >= 0.3 is 11.9 Å². The van der Waals surface area contributed by atoms with Crippen LogP contribution in [0.1, 0.15) is 64.1 Å². The molecule has 0 aliphatic carbocycles. The molecule has 8 N–H and O–H groups in total. The van der Waals surface area contributed by atoms with Gasteiger partial charge in [-0.1, -0.05) is 24.3 Å². The first-order valence-electron chi connectivity index (χ1n) is 15.4. The molecular weight excluding hydrogens is 612 g/mol. The molecule has 0 saturated carbocycles. The molecule has 12 heteroatoms. The molecule has 12 nitrogen and oxygen atoms in total. The first-order chi connectivity index (χ1) is 22.4. The Morgan fingerprint density at radius 1 is 0.729 bits per heavy atom. The maximum absolute atomic E-state index is 10.2. The van der Waals surface area contributed by atoms with E-state index in [1.54, 1.807) is 0 Å². The van der Waals surface area contributed by atoms with Crippen molar-refractivity contribution in [2.45, 2.75) is 77.7 Å². The number of aliphatic hydroxyl groups excluding tert-OH is 2. The quantitative estimate of drug-likeness (QED) is 0.112. The van der Waals surface area contributed by atoms with Crippen molar-refractivity contribution in [3.05, 3.63) is 83.2 Å². The van der Waals surface area contributed by atoms with Gasteiger partial charge in [-0.3, -0.25) is 0 Å². The standard InChI is InChI=1S/2C16H21N3O.C4H4O4/c2*1-16(2,3)18-10-13(20)7-11-5-4-6-15-14(11)8-12(9-17)19-15;5-3(6)1-2-4(7)8/h2*4-6,8,13,18-20H,7,10H2,1-3H3;1-2H,(H,5,6)(H,7,8). The monoisotopic (exact) mass is 658 g/mol. The number of aromatic nitrogens is 2. The molecule has 256 valence electrons. The minimum absolute atomic E-state index is 0.00491. The number of aromatic amines is 2. The Hall–Kier alpha value is -4.98. The smallest absolute Gasteiger partial charge is 0.328 e. The lowest BCUT2D eigenvalue weighted by atomic mass is 10.0. The van der Waals surface area contributed by atoms with Gasteiger partial charge in [0, 0.05) is 71.0 Å². The Kier molecular flexibility index (Phi) is 14.5. The summed E-state index contributed by atoms with van der Waals surface area (Å²) in [6.07, 6.45) is 1.37. The topological polar surface area (TPSA) is 218 Å². The Balaban J connectivity index is 0.000000274. The van der Waals surface area contributed by atoms with Crippen LogP contribution in [0.2, 0.25) is 0 Å². The Bertz CT molecular complexity index is 1650. The van der Waals surface area contributed by atoms with Crippen LogP contribution in [0, 0.1) is 22.7 Å². The first-order valence-corrected chi connectivity index (χ1v) is 15.4. The Morgan fingerprint density at radius 2 is 1.08 bits per heavy atom. The zero-order valence-electron chi connectivity index (χ0n) is 28.3. The van der Waals surface area contributed by atoms with Crippen molar-refractivity contribution in [3.8, 4) is 12.1 Å². The van der Waals surface area contributed by atoms with Crippen molar-refractivity contribution >= 4 is 33.7 Å². The van der Waals surface area contributed by atoms with Crippen molar-refractivity contribution in [2.75, 3.05) is 13.1 Å². The van der Waals surface area contributed by atoms with Crippen LogP contribution in [0.25, 0.3) is 21.8 Å². The van der Waals surface area contributed by atoms with Gasteiger partial charge in [0.15, 0.2) is 0 Å². The Labute approximate surface area is 280 Å². The second-order valence-electron chi connectivity index (χ2n) is 13.3. The van der Waals surface area contributed by atoms with E-state index < -0.39 is 24.1 Å². The summed E-state index contributed by atoms with van der Waals surface area (Å²) in [4.78, 5) is 25.2. The summed E-state index contributed by atoms with van der Waals surface area (Å²) in [7, 11) is 0. The molecule has 0 aliphatic heterocycles. The molecule has 2 aromatic heterocycles. The summed E-state index contributed by atoms with van der Waals surface area (Å²) >= 11 is 0. The van der Waals surface area contributed by atoms with Crippen molar-refractivity contribution in [1.29, 1.82) is 10.5 Å². The predicted molar refractivity (Wildman–Crippen MR) is 185 cm³/mol. The number of β-amino-alcohol motifs (C(OH)–C–C–N with tert-alkyl or cyclic N) is 2. The van der Waals surface area contributed by atoms with Gasteiger partial charge in [0.05, 0.1) is 12.2 Å². The fraction of sp³-hybridized carbons (Fsp3) is 0.389. The number of carboxylic acid groups (broad SMARTS) is 2. The van der Waals surface area contributed by atoms with Crippen LogP contribution in [0.3, 0.4) is 0 Å². The molecule has 0 spiro atoms. The third-order valence-electron chi connectivity index (χ3n) is 6.77. The number of hydrogen-bond acceptors (Lipinski definition) is 8. The number of nitrogens with zero attached hydrogens (tertiary/aromatic N) is 2. The molecule has 2 atom stereocenters. The van der Waals surface area contributed by atoms with Crippen LogP contribution >= 0.6 is 0 Å². The zero-order chi connectivity index (χ0) is 36.1. The molecule has 0 saturated heterocycles. The number of benzene rings is 2. The van der Waals surface area contributed by atoms with Gasteiger partial charge in [0.25, 0.3) is 0 Å². The van der Waals surface area contributed by atoms with Gasteiger partial charge < -0.3 is 41.0 Å². The second kappa shape index (κ2) is 17.8. The van der Waals surface area contributed by atoms with Gasteiger partial charge in [-0.2, -0.15) is 10.5 Å². The maximum atomic E-state index is 10.2. The van der Waals surface area contributed by atoms with E-state index in [-0.39, 0.29) is 11.1 Å². The Morgan fingerprint density at radius 3 is 1.38 bits per heavy atom. The van der Waals surface area contributed by atoms with Gasteiger partial charge in [0.1, 0.15) is 23.5 Å². The van der Waals surface area contributed by atoms with Gasteiger partial charge in [-0.05, 0) is 76.9 Å². The fourth-order valence-corrected chi connectivity index (χ4v) is 4.56. The average Bonchev–Trinajstić information content (AvgIpc) is 3.63. The fourth-order valence-electron chi connectivity index (χ4n) is 4.56. The van der Waals surface area contributed by atoms with Crippen LogP contribution in [0.5, 0.6) is 0 Å². The van der Waals surface area contributed by atoms with Crippen molar-refractivity contribution in [1.82, 2.24) is 20.6 Å². The lowest BCUT2D eigenvalue weighted by Crippen LogP contribution is -2.41. The number of rotatable bonds is 10. The summed E-state index contributed by atoms with van der Waals surface area (Å²) in [6, 6.07) is 19.7. The molecule has 0 amide bonds. The molecule has 0 aliphatic rings. The summed E-state index contributed by atoms with van der Waals surface area (Å²) in [5.41, 5.74) is 5.09. The number of carboxylic acids is 2. The van der Waals surface area contributed by atoms with Gasteiger partial charge in [-0.15, -0.1) is 0 Å². The van der Waals surface area contributed by atoms with Crippen LogP contribution in [0.4, 0.5) is 0 Å². The second-order valence-corrected chi connectivity index (χ2v) is 13.3. The maximum Gasteiger partial charge on any atom is 0.328 e. The molecule has 2 aromatic carbocycles. The van der Waals surface area contributed by atoms with Crippen LogP contribution in [-0.4, -0.2) is 78.7 Å². The van der Waals surface area contributed by atoms with Gasteiger partial charge in [0.2, 0.25) is 0 Å². The highest BCUT2D eigenvalue weighted by Crippen LogP contribution is 2.22. The number of hydrogen-bond donors (Lipinski definition) is 8. The van der Waals surface area contributed by atoms with E-state index in [9.17, 15) is 19.8 Å². The molecular formula is C36H46N6O6. The summed E-state index contributed by atoms with van der Waals surface area (Å²) in [5, 5.41) is 62.4. The third kappa shape index (κ3) is 14.2. The molecule has 4 aromatic rings. The highest BCUT2D eigenvalue weighted by molar-refractivity contribution is 5.89. The van der Waals surface area contributed by atoms with E-state index >= 15 is 0 Å². The molecule has 2 unspecified atom stereocenters. The summed E-state index contributed by atoms with van der Waals surface area (Å²) in [5.74, 6) is -2.51. The highest BCUT2D eigenvalue weighted by atomic mass is 16.4. The van der Waals surface area contributed by atoms with E-state index in [4.69, 9.17) is 20.7 Å². The molecule has 48 heavy (non-hydrogen) atoms. The molecule has 0 radical (unpaired) electrons. The van der Waals surface area contributed by atoms with Crippen molar-refractivity contribution in [3.63, 3.8) is 0 Å². The number of carbonyl (C=O) groups is 2. The summed E-state index contributed by atoms with van der Waals surface area (Å²) < 4.78 is 0. The minimum Gasteiger partial charge on any atom is -0.478 e. The number of aliphatic hydroxyl groups is 2. The first kappa shape index (κ1) is 39.2. The summed E-state index contributed by atoms with van der Waals surface area (Å²) in [6.45, 7) is 13.6. The number of nitriles is 2. The molecule has 0 bridgehead atoms. The lowest BCUT2D eigenvalue weighted by Gasteiger charge is -2.23. The van der Waals surface area contributed by atoms with E-state index in [0.29, 0.717) is 49.5 Å². The number of fused-ring (bicyclic) bond motifs is 2. The molecule has 0 fully saturated rings. The molecule has 2 heterocycles. The highest BCUT2D eigenvalue weighted by Gasteiger charge is 2.16. The van der Waals surface area contributed by atoms with E-state index in [1.807, 2.05) is 48.5 Å². The van der Waals surface area contributed by atoms with E-state index in [0.717, 1.165) is 32.9 Å². The number of aliphatic carboxylic acids is 2. The zero-order valence-corrected chi connectivity index (χ0v) is 28.3. The van der Waals surface area contributed by atoms with Crippen LogP contribution in [-0.2, 0) is 22.4 Å². The normalized spacial score (nSPS) is 12.7. The van der Waals surface area contributed by atoms with Crippen LogP contribution in [0.15, 0.2) is 60.7 Å². The van der Waals surface area contributed by atoms with E-state index in [1.165, 1.54) is 0 Å². The van der Waals surface area contributed by atoms with Crippen LogP contribution < -0.4 is 10.6 Å². The number of nitrogens with one attached hydrogen (secondary N) is 4. The van der Waals surface area contributed by atoms with Gasteiger partial charge in [-0.25, -0.2) is 9.59 Å². The van der Waals surface area contributed by atoms with Crippen molar-refractivity contribution in [2.24, 2.45) is 0 Å². The SMILES string of the molecule is CC(C)(C)NCC(O)Cc1cccc2[nH]c(C#N)cc12.CC(C)(C)NCC(O)Cc1cccc2[nH]c(C#N)cc12.O=C(O)C=CC(=O)O. The molecule has 4 rings (SSSR count). The minimum atomic E-state index is -1.26. The third-order valence-corrected chi connectivity index (χ3v) is 6.77. The number of H-pyrrole nitrogens is 2. The van der Waals surface area contributed by atoms with Crippen molar-refractivity contribution < 1.29 is 30.0 Å². The average molecular weight is 659 g/mol. The lowest BCUT2D eigenvalue weighted by molar-refractivity contribution is -0.134. The predicted octanol–water partition coefficient (Wildman–Crippen LogP) is 4.37.